The van der Waals surface area contributed by atoms with E-state index in [0.717, 1.165) is 0 Å². The molecule has 1 N–H and O–H groups in total. The number of nitrogens with one attached hydrogen (secondary N) is 1. The van der Waals surface area contributed by atoms with Crippen LogP contribution >= 0.6 is 22.9 Å². The van der Waals surface area contributed by atoms with Gasteiger partial charge in [-0.15, -0.1) is 11.3 Å². The highest BCUT2D eigenvalue weighted by Gasteiger charge is 2.12. The van der Waals surface area contributed by atoms with Crippen molar-refractivity contribution in [3.63, 3.8) is 0 Å². The van der Waals surface area contributed by atoms with E-state index in [2.05, 4.69) is 30.8 Å². The normalized spacial score (nSPS) is 10.4. The zero-order chi connectivity index (χ0) is 10.1. The van der Waals surface area contributed by atoms with E-state index in [1.54, 1.807) is 5.38 Å². The lowest BCUT2D eigenvalue weighted by atomic mass is 10.3. The maximum Gasteiger partial charge on any atom is 0.310 e. The molecule has 0 atom stereocenters. The third-order valence-corrected chi connectivity index (χ3v) is 2.95. The predicted octanol–water partition coefficient (Wildman–Crippen LogP) is 1.16. The molecular weight excluding hydrogens is 237 g/mol. The van der Waals surface area contributed by atoms with Crippen molar-refractivity contribution in [3.8, 4) is 0 Å². The number of rotatable bonds is 1. The van der Waals surface area contributed by atoms with Crippen LogP contribution in [0.1, 0.15) is 10.4 Å². The molecule has 2 aromatic rings. The fourth-order valence-electron chi connectivity index (χ4n) is 1.03. The second kappa shape index (κ2) is 3.83. The quantitative estimate of drug-likeness (QED) is 0.760. The summed E-state index contributed by atoms with van der Waals surface area (Å²) in [5, 5.41) is 1.99. The molecule has 0 bridgehead atoms. The van der Waals surface area contributed by atoms with E-state index in [4.69, 9.17) is 11.6 Å². The van der Waals surface area contributed by atoms with Gasteiger partial charge in [0.25, 0.3) is 0 Å². The van der Waals surface area contributed by atoms with Gasteiger partial charge in [-0.3, -0.25) is 4.79 Å². The fourth-order valence-corrected chi connectivity index (χ4v) is 2.15. The number of nitrogens with zero attached hydrogens (tertiary/aromatic N) is 2. The van der Waals surface area contributed by atoms with Gasteiger partial charge in [-0.25, -0.2) is 9.97 Å². The Balaban J connectivity index is 2.67. The second-order valence-electron chi connectivity index (χ2n) is 2.47. The minimum absolute atomic E-state index is 0.210. The fraction of sp³-hybridized carbons (Fsp3) is 0. The Morgan fingerprint density at radius 3 is 3.14 bits per heavy atom. The highest BCUT2D eigenvalue weighted by molar-refractivity contribution is 7.17. The molecule has 0 saturated heterocycles. The molecule has 2 heterocycles. The van der Waals surface area contributed by atoms with Crippen LogP contribution in [0, 0.1) is 0 Å². The molecule has 2 rings (SSSR count). The largest absolute Gasteiger partial charge is 0.459 e. The number of carbonyl (C=O) groups is 1. The lowest BCUT2D eigenvalue weighted by molar-refractivity contribution is 0.0983. The summed E-state index contributed by atoms with van der Waals surface area (Å²) in [6.45, 7) is 0. The van der Waals surface area contributed by atoms with Crippen LogP contribution in [0.4, 0.5) is 0 Å². The van der Waals surface area contributed by atoms with Gasteiger partial charge >= 0.3 is 16.5 Å². The molecule has 14 heavy (non-hydrogen) atoms. The van der Waals surface area contributed by atoms with Gasteiger partial charge in [0.2, 0.25) is 5.91 Å². The van der Waals surface area contributed by atoms with Crippen molar-refractivity contribution in [2.75, 3.05) is 0 Å². The first-order valence-electron chi connectivity index (χ1n) is 3.63. The van der Waals surface area contributed by atoms with E-state index in [9.17, 15) is 4.79 Å². The zero-order valence-corrected chi connectivity index (χ0v) is 9.55. The van der Waals surface area contributed by atoms with Crippen LogP contribution in [0.2, 0.25) is 5.15 Å². The van der Waals surface area contributed by atoms with E-state index in [0.29, 0.717) is 15.9 Å². The molecular formula is C7H3AlClN3OS. The number of fused-ring (bicyclic) bond motifs is 1. The number of thiophene rings is 1. The molecule has 0 aromatic carbocycles. The van der Waals surface area contributed by atoms with Gasteiger partial charge in [0.1, 0.15) is 15.5 Å². The molecule has 0 aliphatic carbocycles. The van der Waals surface area contributed by atoms with Crippen LogP contribution in [0.25, 0.3) is 10.3 Å². The number of hydrogen-bond acceptors (Lipinski definition) is 4. The van der Waals surface area contributed by atoms with Crippen molar-refractivity contribution in [3.05, 3.63) is 22.3 Å². The Kier molecular flexibility index (Phi) is 2.70. The van der Waals surface area contributed by atoms with Crippen LogP contribution in [-0.2, 0) is 0 Å². The molecule has 2 aromatic heterocycles. The maximum atomic E-state index is 11.4. The SMILES string of the molecule is O=C([NH][Al])c1csc2ncc(Cl)nc12. The minimum Gasteiger partial charge on any atom is -0.459 e. The van der Waals surface area contributed by atoms with E-state index in [1.807, 2.05) is 0 Å². The van der Waals surface area contributed by atoms with Gasteiger partial charge in [0.05, 0.1) is 11.8 Å². The maximum absolute atomic E-state index is 11.4. The van der Waals surface area contributed by atoms with Crippen LogP contribution in [0.5, 0.6) is 0 Å². The van der Waals surface area contributed by atoms with Gasteiger partial charge in [0.15, 0.2) is 0 Å². The smallest absolute Gasteiger partial charge is 0.310 e. The van der Waals surface area contributed by atoms with E-state index < -0.39 is 0 Å². The zero-order valence-electron chi connectivity index (χ0n) is 6.82. The van der Waals surface area contributed by atoms with Crippen molar-refractivity contribution in [1.82, 2.24) is 14.3 Å². The first-order chi connectivity index (χ1) is 6.72. The molecule has 4 nitrogen and oxygen atoms in total. The van der Waals surface area contributed by atoms with Crippen LogP contribution in [-0.4, -0.2) is 32.4 Å². The van der Waals surface area contributed by atoms with Crippen molar-refractivity contribution in [2.24, 2.45) is 0 Å². The highest BCUT2D eigenvalue weighted by atomic mass is 35.5. The number of halogens is 1. The molecule has 0 aliphatic heterocycles. The van der Waals surface area contributed by atoms with Crippen molar-refractivity contribution in [1.29, 1.82) is 0 Å². The van der Waals surface area contributed by atoms with E-state index >= 15 is 0 Å². The number of hydrogen-bond donors (Lipinski definition) is 1. The van der Waals surface area contributed by atoms with E-state index in [-0.39, 0.29) is 11.1 Å². The summed E-state index contributed by atoms with van der Waals surface area (Å²) in [6.07, 6.45) is 1.46. The highest BCUT2D eigenvalue weighted by Crippen LogP contribution is 2.23. The first-order valence-corrected chi connectivity index (χ1v) is 5.46. The summed E-state index contributed by atoms with van der Waals surface area (Å²) < 4.78 is 2.45. The van der Waals surface area contributed by atoms with Gasteiger partial charge in [-0.05, 0) is 0 Å². The Morgan fingerprint density at radius 2 is 2.43 bits per heavy atom. The van der Waals surface area contributed by atoms with Gasteiger partial charge in [-0.2, -0.15) is 0 Å². The molecule has 0 aliphatic rings. The Bertz CT molecular complexity index is 501. The predicted molar refractivity (Wildman–Crippen MR) is 55.6 cm³/mol. The molecule has 2 radical (unpaired) electrons. The van der Waals surface area contributed by atoms with Gasteiger partial charge in [0, 0.05) is 5.38 Å². The van der Waals surface area contributed by atoms with Gasteiger partial charge in [-0.1, -0.05) is 11.6 Å². The second-order valence-corrected chi connectivity index (χ2v) is 4.00. The summed E-state index contributed by atoms with van der Waals surface area (Å²) >= 11 is 9.20. The summed E-state index contributed by atoms with van der Waals surface area (Å²) in [7, 11) is 0. The van der Waals surface area contributed by atoms with Crippen LogP contribution in [0.3, 0.4) is 0 Å². The Hall–Kier alpha value is -0.668. The van der Waals surface area contributed by atoms with Gasteiger partial charge < -0.3 is 4.30 Å². The topological polar surface area (TPSA) is 54.9 Å². The third-order valence-electron chi connectivity index (χ3n) is 1.63. The number of amides is 1. The van der Waals surface area contributed by atoms with Crippen LogP contribution in [0.15, 0.2) is 11.6 Å². The third kappa shape index (κ3) is 1.62. The Morgan fingerprint density at radius 1 is 1.64 bits per heavy atom. The van der Waals surface area contributed by atoms with Crippen molar-refractivity contribution >= 4 is 55.7 Å². The summed E-state index contributed by atoms with van der Waals surface area (Å²) in [4.78, 5) is 20.2. The van der Waals surface area contributed by atoms with Crippen molar-refractivity contribution in [2.45, 2.75) is 0 Å². The number of aromatic nitrogens is 2. The molecule has 0 fully saturated rings. The first kappa shape index (κ1) is 9.87. The summed E-state index contributed by atoms with van der Waals surface area (Å²) in [5.41, 5.74) is 1.04. The van der Waals surface area contributed by atoms with Crippen molar-refractivity contribution < 1.29 is 4.79 Å². The lowest BCUT2D eigenvalue weighted by Crippen LogP contribution is -2.19. The molecule has 0 unspecified atom stereocenters. The molecule has 7 heteroatoms. The van der Waals surface area contributed by atoms with E-state index in [1.165, 1.54) is 17.5 Å². The molecule has 68 valence electrons. The monoisotopic (exact) mass is 239 g/mol. The minimum atomic E-state index is -0.210. The van der Waals surface area contributed by atoms with Crippen LogP contribution < -0.4 is 4.30 Å². The summed E-state index contributed by atoms with van der Waals surface area (Å²) in [6, 6.07) is 0. The number of carbonyl (C=O) groups excluding carboxylic acids is 1. The molecule has 0 saturated carbocycles. The molecule has 1 amide bonds. The standard InChI is InChI=1S/C7H4ClN3OS.Al/c8-4-1-10-7-5(11-4)3(2-13-7)6(9)12;/h1-2H,(H2,9,12);/q;+1/p-1. The lowest BCUT2D eigenvalue weighted by Gasteiger charge is -1.97. The average molecular weight is 240 g/mol. The summed E-state index contributed by atoms with van der Waals surface area (Å²) in [5.74, 6) is -0.210. The molecule has 0 spiro atoms. The average Bonchev–Trinajstić information content (AvgIpc) is 2.59. The Labute approximate surface area is 97.0 Å².